The van der Waals surface area contributed by atoms with Crippen molar-refractivity contribution < 1.29 is 32.7 Å². The second kappa shape index (κ2) is 6.53. The van der Waals surface area contributed by atoms with Crippen LogP contribution >= 0.6 is 0 Å². The monoisotopic (exact) mass is 322 g/mol. The molecule has 1 atom stereocenters. The lowest BCUT2D eigenvalue weighted by atomic mass is 10.3. The standard InChI is InChI=1S/C9H10N2O9S/c12-4-7(13)5-20-21(18,19)9-2-1-6(10(14)15)3-8(9)11(16)17/h1-3,7,12-13H,4-5H2. The van der Waals surface area contributed by atoms with E-state index in [1.165, 1.54) is 0 Å². The zero-order valence-corrected chi connectivity index (χ0v) is 11.1. The van der Waals surface area contributed by atoms with Gasteiger partial charge < -0.3 is 10.2 Å². The van der Waals surface area contributed by atoms with Gasteiger partial charge in [-0.05, 0) is 6.07 Å². The lowest BCUT2D eigenvalue weighted by Crippen LogP contribution is -2.22. The maximum atomic E-state index is 11.8. The van der Waals surface area contributed by atoms with E-state index >= 15 is 0 Å². The molecule has 0 saturated heterocycles. The van der Waals surface area contributed by atoms with Gasteiger partial charge in [0, 0.05) is 6.07 Å². The van der Waals surface area contributed by atoms with Crippen LogP contribution < -0.4 is 0 Å². The van der Waals surface area contributed by atoms with Gasteiger partial charge in [-0.25, -0.2) is 0 Å². The predicted molar refractivity (Wildman–Crippen MR) is 66.0 cm³/mol. The zero-order valence-electron chi connectivity index (χ0n) is 10.3. The van der Waals surface area contributed by atoms with Crippen LogP contribution in [0, 0.1) is 20.2 Å². The number of nitro groups is 2. The van der Waals surface area contributed by atoms with Crippen LogP contribution in [0.5, 0.6) is 0 Å². The molecule has 0 bridgehead atoms. The average Bonchev–Trinajstić information content (AvgIpc) is 2.43. The minimum Gasteiger partial charge on any atom is -0.394 e. The van der Waals surface area contributed by atoms with Crippen molar-refractivity contribution in [2.24, 2.45) is 0 Å². The molecule has 116 valence electrons. The Morgan fingerprint density at radius 3 is 2.33 bits per heavy atom. The minimum absolute atomic E-state index is 0.485. The Morgan fingerprint density at radius 1 is 1.24 bits per heavy atom. The maximum absolute atomic E-state index is 11.8. The highest BCUT2D eigenvalue weighted by Gasteiger charge is 2.29. The summed E-state index contributed by atoms with van der Waals surface area (Å²) in [6.07, 6.45) is -1.49. The number of nitrogens with zero attached hydrogens (tertiary/aromatic N) is 2. The van der Waals surface area contributed by atoms with E-state index < -0.39 is 55.6 Å². The summed E-state index contributed by atoms with van der Waals surface area (Å²) < 4.78 is 27.9. The zero-order chi connectivity index (χ0) is 16.2. The van der Waals surface area contributed by atoms with Crippen molar-refractivity contribution in [1.82, 2.24) is 0 Å². The van der Waals surface area contributed by atoms with Gasteiger partial charge in [-0.3, -0.25) is 24.4 Å². The van der Waals surface area contributed by atoms with Crippen molar-refractivity contribution in [3.63, 3.8) is 0 Å². The first kappa shape index (κ1) is 16.9. The van der Waals surface area contributed by atoms with Crippen LogP contribution in [0.2, 0.25) is 0 Å². The molecule has 2 N–H and O–H groups in total. The molecule has 0 heterocycles. The van der Waals surface area contributed by atoms with Crippen LogP contribution in [0.4, 0.5) is 11.4 Å². The molecule has 0 aliphatic carbocycles. The summed E-state index contributed by atoms with van der Waals surface area (Å²) in [4.78, 5) is 18.4. The third-order valence-corrected chi connectivity index (χ3v) is 3.58. The van der Waals surface area contributed by atoms with Gasteiger partial charge >= 0.3 is 10.1 Å². The van der Waals surface area contributed by atoms with E-state index in [9.17, 15) is 28.6 Å². The Labute approximate surface area is 117 Å². The summed E-state index contributed by atoms with van der Waals surface area (Å²) >= 11 is 0. The molecule has 12 heteroatoms. The SMILES string of the molecule is O=[N+]([O-])c1ccc(S(=O)(=O)OCC(O)CO)c([N+](=O)[O-])c1. The van der Waals surface area contributed by atoms with Gasteiger partial charge in [0.2, 0.25) is 0 Å². The van der Waals surface area contributed by atoms with E-state index in [4.69, 9.17) is 10.2 Å². The molecule has 1 rings (SSSR count). The van der Waals surface area contributed by atoms with Crippen molar-refractivity contribution in [3.05, 3.63) is 38.4 Å². The van der Waals surface area contributed by atoms with E-state index in [2.05, 4.69) is 4.18 Å². The van der Waals surface area contributed by atoms with Gasteiger partial charge in [0.25, 0.3) is 11.4 Å². The molecule has 1 aromatic rings. The van der Waals surface area contributed by atoms with Crippen molar-refractivity contribution in [1.29, 1.82) is 0 Å². The Bertz CT molecular complexity index is 657. The highest BCUT2D eigenvalue weighted by atomic mass is 32.2. The van der Waals surface area contributed by atoms with Crippen LogP contribution in [-0.2, 0) is 14.3 Å². The molecule has 21 heavy (non-hydrogen) atoms. The van der Waals surface area contributed by atoms with Gasteiger partial charge in [-0.2, -0.15) is 8.42 Å². The molecule has 0 aliphatic rings. The molecule has 1 unspecified atom stereocenters. The summed E-state index contributed by atoms with van der Waals surface area (Å²) in [5, 5.41) is 38.9. The molecule has 1 aromatic carbocycles. The second-order valence-electron chi connectivity index (χ2n) is 3.74. The fourth-order valence-corrected chi connectivity index (χ4v) is 2.35. The molecule has 0 spiro atoms. The fourth-order valence-electron chi connectivity index (χ4n) is 1.26. The first-order valence-electron chi connectivity index (χ1n) is 5.30. The number of non-ortho nitro benzene ring substituents is 1. The summed E-state index contributed by atoms with van der Waals surface area (Å²) in [5.41, 5.74) is -1.68. The van der Waals surface area contributed by atoms with E-state index in [1.54, 1.807) is 0 Å². The van der Waals surface area contributed by atoms with Crippen LogP contribution in [-0.4, -0.2) is 47.8 Å². The van der Waals surface area contributed by atoms with E-state index in [1.807, 2.05) is 0 Å². The highest BCUT2D eigenvalue weighted by Crippen LogP contribution is 2.29. The first-order valence-corrected chi connectivity index (χ1v) is 6.71. The maximum Gasteiger partial charge on any atom is 0.303 e. The first-order chi connectivity index (χ1) is 9.69. The molecule has 0 aliphatic heterocycles. The molecular formula is C9H10N2O9S. The number of rotatable bonds is 7. The Hall–Kier alpha value is -2.15. The number of hydrogen-bond acceptors (Lipinski definition) is 9. The van der Waals surface area contributed by atoms with Gasteiger partial charge in [-0.1, -0.05) is 0 Å². The number of nitro benzene ring substituents is 2. The molecule has 11 nitrogen and oxygen atoms in total. The minimum atomic E-state index is -4.62. The molecule has 0 saturated carbocycles. The second-order valence-corrected chi connectivity index (χ2v) is 5.33. The smallest absolute Gasteiger partial charge is 0.303 e. The van der Waals surface area contributed by atoms with Gasteiger partial charge in [-0.15, -0.1) is 0 Å². The molecular weight excluding hydrogens is 312 g/mol. The molecule has 0 radical (unpaired) electrons. The van der Waals surface area contributed by atoms with Gasteiger partial charge in [0.1, 0.15) is 6.10 Å². The van der Waals surface area contributed by atoms with Gasteiger partial charge in [0.05, 0.1) is 29.1 Å². The Morgan fingerprint density at radius 2 is 1.86 bits per heavy atom. The van der Waals surface area contributed by atoms with E-state index in [-0.39, 0.29) is 0 Å². The molecule has 0 aromatic heterocycles. The number of hydrogen-bond donors (Lipinski definition) is 2. The summed E-state index contributed by atoms with van der Waals surface area (Å²) in [6, 6.07) is 1.92. The van der Waals surface area contributed by atoms with E-state index in [0.29, 0.717) is 12.1 Å². The predicted octanol–water partition coefficient (Wildman–Crippen LogP) is -0.438. The van der Waals surface area contributed by atoms with Crippen molar-refractivity contribution in [3.8, 4) is 0 Å². The largest absolute Gasteiger partial charge is 0.394 e. The topological polar surface area (TPSA) is 170 Å². The summed E-state index contributed by atoms with van der Waals surface area (Å²) in [7, 11) is -4.62. The Kier molecular flexibility index (Phi) is 5.26. The van der Waals surface area contributed by atoms with E-state index in [0.717, 1.165) is 6.07 Å². The number of aliphatic hydroxyl groups excluding tert-OH is 2. The lowest BCUT2D eigenvalue weighted by molar-refractivity contribution is -0.396. The third-order valence-electron chi connectivity index (χ3n) is 2.25. The molecule has 0 amide bonds. The quantitative estimate of drug-likeness (QED) is 0.383. The van der Waals surface area contributed by atoms with Crippen molar-refractivity contribution in [2.75, 3.05) is 13.2 Å². The normalized spacial score (nSPS) is 12.9. The Balaban J connectivity index is 3.22. The number of benzene rings is 1. The van der Waals surface area contributed by atoms with Crippen LogP contribution in [0.1, 0.15) is 0 Å². The van der Waals surface area contributed by atoms with Gasteiger partial charge in [0.15, 0.2) is 4.90 Å². The van der Waals surface area contributed by atoms with Crippen molar-refractivity contribution in [2.45, 2.75) is 11.0 Å². The summed E-state index contributed by atoms with van der Waals surface area (Å²) in [5.74, 6) is 0. The van der Waals surface area contributed by atoms with Crippen molar-refractivity contribution >= 4 is 21.5 Å². The fraction of sp³-hybridized carbons (Fsp3) is 0.333. The average molecular weight is 322 g/mol. The lowest BCUT2D eigenvalue weighted by Gasteiger charge is -2.09. The number of aliphatic hydroxyl groups is 2. The summed E-state index contributed by atoms with van der Waals surface area (Å²) in [6.45, 7) is -1.58. The van der Waals surface area contributed by atoms with Crippen LogP contribution in [0.15, 0.2) is 23.1 Å². The highest BCUT2D eigenvalue weighted by molar-refractivity contribution is 7.87. The molecule has 0 fully saturated rings. The van der Waals surface area contributed by atoms with Crippen LogP contribution in [0.3, 0.4) is 0 Å². The third kappa shape index (κ3) is 4.16. The van der Waals surface area contributed by atoms with Crippen LogP contribution in [0.25, 0.3) is 0 Å².